The highest BCUT2D eigenvalue weighted by molar-refractivity contribution is 6.32. The molecule has 0 radical (unpaired) electrons. The van der Waals surface area contributed by atoms with E-state index in [1.165, 1.54) is 37.6 Å². The Bertz CT molecular complexity index is 1670. The topological polar surface area (TPSA) is 197 Å². The molecule has 17 heteroatoms. The van der Waals surface area contributed by atoms with E-state index in [-0.39, 0.29) is 11.6 Å². The molecule has 2 aromatic rings. The van der Waals surface area contributed by atoms with Gasteiger partial charge in [0, 0.05) is 55.0 Å². The minimum absolute atomic E-state index is 0.0199. The lowest BCUT2D eigenvalue weighted by molar-refractivity contribution is -0.176. The van der Waals surface area contributed by atoms with Gasteiger partial charge in [-0.1, -0.05) is 71.2 Å². The highest BCUT2D eigenvalue weighted by atomic mass is 35.5. The van der Waals surface area contributed by atoms with Crippen molar-refractivity contribution in [1.29, 1.82) is 0 Å². The number of aliphatic hydroxyl groups excluding tert-OH is 2. The van der Waals surface area contributed by atoms with Crippen LogP contribution in [-0.2, 0) is 44.5 Å². The van der Waals surface area contributed by atoms with Crippen molar-refractivity contribution in [2.24, 2.45) is 0 Å². The number of aliphatic carboxylic acids is 1. The molecule has 2 aliphatic carbocycles. The van der Waals surface area contributed by atoms with Crippen molar-refractivity contribution in [3.63, 3.8) is 0 Å². The van der Waals surface area contributed by atoms with Gasteiger partial charge in [-0.15, -0.1) is 0 Å². The third-order valence-corrected chi connectivity index (χ3v) is 9.90. The number of nitrogens with zero attached hydrogens (tertiary/aromatic N) is 2. The Morgan fingerprint density at radius 2 is 1.05 bits per heavy atom. The van der Waals surface area contributed by atoms with Crippen LogP contribution in [-0.4, -0.2) is 99.0 Å². The molecule has 2 fully saturated rings. The third kappa shape index (κ3) is 12.0. The molecule has 2 saturated carbocycles. The average molecular weight is 832 g/mol. The summed E-state index contributed by atoms with van der Waals surface area (Å²) in [5, 5.41) is 25.8. The number of ketones is 2. The number of rotatable bonds is 9. The number of hydrogen-bond donors (Lipinski definition) is 3. The normalized spacial score (nSPS) is 21.4. The first-order valence-electron chi connectivity index (χ1n) is 17.6. The van der Waals surface area contributed by atoms with Crippen LogP contribution in [0.1, 0.15) is 90.2 Å². The van der Waals surface area contributed by atoms with E-state index in [0.29, 0.717) is 46.9 Å². The number of aliphatic hydroxyl groups is 2. The van der Waals surface area contributed by atoms with E-state index in [1.807, 2.05) is 6.07 Å². The molecule has 14 nitrogen and oxygen atoms in total. The molecule has 4 rings (SSSR count). The van der Waals surface area contributed by atoms with E-state index in [4.69, 9.17) is 59.2 Å². The van der Waals surface area contributed by atoms with Gasteiger partial charge in [-0.2, -0.15) is 0 Å². The van der Waals surface area contributed by atoms with Gasteiger partial charge in [0.25, 0.3) is 0 Å². The Labute approximate surface area is 335 Å². The smallest absolute Gasteiger partial charge is 0.413 e. The fraction of sp³-hybridized carbons (Fsp3) is 0.526. The van der Waals surface area contributed by atoms with Crippen LogP contribution >= 0.6 is 34.8 Å². The number of benzene rings is 2. The molecule has 0 saturated heterocycles. The number of halogens is 3. The largest absolute Gasteiger partial charge is 0.479 e. The second-order valence-electron chi connectivity index (χ2n) is 13.1. The molecule has 2 aliphatic rings. The van der Waals surface area contributed by atoms with Crippen LogP contribution in [0.25, 0.3) is 0 Å². The maximum atomic E-state index is 12.9. The zero-order chi connectivity index (χ0) is 41.7. The molecular formula is C38H49Cl3N2O12. The summed E-state index contributed by atoms with van der Waals surface area (Å²) in [6, 6.07) is 14.0. The SMILES string of the molecule is CC(Cl)OC(=O)N(C)[C@]1(c2ccccc2Cl)CCCCC1=O.CC(OC(=O)[C@@H](C)O)OC(=O)N(C)[C@]1(c2ccccc2Cl)CCCCC1=O.C[C@@H](O)C(=O)O. The first-order chi connectivity index (χ1) is 25.7. The number of carboxylic acids is 1. The van der Waals surface area contributed by atoms with Crippen molar-refractivity contribution >= 4 is 70.5 Å². The van der Waals surface area contributed by atoms with Crippen LogP contribution in [0.2, 0.25) is 10.0 Å². The molecular weight excluding hydrogens is 783 g/mol. The van der Waals surface area contributed by atoms with Gasteiger partial charge < -0.3 is 29.5 Å². The van der Waals surface area contributed by atoms with Crippen LogP contribution in [0, 0.1) is 0 Å². The van der Waals surface area contributed by atoms with E-state index in [0.717, 1.165) is 25.7 Å². The lowest BCUT2D eigenvalue weighted by atomic mass is 9.74. The molecule has 6 atom stereocenters. The van der Waals surface area contributed by atoms with Crippen LogP contribution in [0.5, 0.6) is 0 Å². The summed E-state index contributed by atoms with van der Waals surface area (Å²) >= 11 is 18.4. The number of esters is 1. The van der Waals surface area contributed by atoms with Crippen molar-refractivity contribution in [3.05, 3.63) is 69.7 Å². The highest BCUT2D eigenvalue weighted by Crippen LogP contribution is 2.44. The Kier molecular flexibility index (Phi) is 18.3. The van der Waals surface area contributed by atoms with E-state index in [1.54, 1.807) is 56.4 Å². The number of Topliss-reactive ketones (excluding diaryl/α,β-unsaturated/α-hetero) is 2. The Balaban J connectivity index is 0.000000336. The van der Waals surface area contributed by atoms with Gasteiger partial charge in [0.15, 0.2) is 17.1 Å². The van der Waals surface area contributed by atoms with Crippen molar-refractivity contribution in [3.8, 4) is 0 Å². The minimum Gasteiger partial charge on any atom is -0.479 e. The van der Waals surface area contributed by atoms with Gasteiger partial charge in [0.1, 0.15) is 23.3 Å². The van der Waals surface area contributed by atoms with E-state index < -0.39 is 59.3 Å². The summed E-state index contributed by atoms with van der Waals surface area (Å²) in [7, 11) is 3.03. The first kappa shape index (κ1) is 47.2. The molecule has 2 unspecified atom stereocenters. The monoisotopic (exact) mass is 830 g/mol. The zero-order valence-electron chi connectivity index (χ0n) is 31.6. The lowest BCUT2D eigenvalue weighted by Crippen LogP contribution is -2.54. The highest BCUT2D eigenvalue weighted by Gasteiger charge is 2.50. The van der Waals surface area contributed by atoms with Gasteiger partial charge >= 0.3 is 24.1 Å². The second kappa shape index (κ2) is 21.4. The molecule has 304 valence electrons. The van der Waals surface area contributed by atoms with Gasteiger partial charge in [0.05, 0.1) is 0 Å². The predicted molar refractivity (Wildman–Crippen MR) is 204 cm³/mol. The maximum Gasteiger partial charge on any atom is 0.413 e. The van der Waals surface area contributed by atoms with Crippen LogP contribution in [0.4, 0.5) is 9.59 Å². The number of carbonyl (C=O) groups is 6. The standard InChI is InChI=1S/C19H24ClNO6.C16H19Cl2NO3.C3H6O3/c1-12(22)17(24)26-13(2)27-18(25)21(3)19(11-7-6-10-16(19)23)14-8-4-5-9-15(14)20;1-11(17)22-15(21)19(2)16(10-6-5-9-14(16)20)12-7-3-4-8-13(12)18;1-2(4)3(5)6/h4-5,8-9,12-13,22H,6-7,10-11H2,1-3H3;3-4,7-8,11H,5-6,9-10H2,1-2H3;2,4H,1H3,(H,5,6)/t12-,13?,19+;11?,16-;2-/m101/s1. The maximum absolute atomic E-state index is 12.9. The Morgan fingerprint density at radius 3 is 1.38 bits per heavy atom. The number of hydrogen-bond acceptors (Lipinski definition) is 11. The fourth-order valence-electron chi connectivity index (χ4n) is 6.30. The number of ether oxygens (including phenoxy) is 3. The fourth-order valence-corrected chi connectivity index (χ4v) is 6.96. The van der Waals surface area contributed by atoms with Gasteiger partial charge in [-0.05, 0) is 71.4 Å². The summed E-state index contributed by atoms with van der Waals surface area (Å²) in [5.74, 6) is -2.23. The number of carbonyl (C=O) groups excluding carboxylic acids is 5. The molecule has 55 heavy (non-hydrogen) atoms. The van der Waals surface area contributed by atoms with E-state index in [9.17, 15) is 33.9 Å². The lowest BCUT2D eigenvalue weighted by Gasteiger charge is -2.43. The number of amides is 2. The molecule has 0 bridgehead atoms. The number of carboxylic acid groups (broad SMARTS) is 1. The molecule has 0 heterocycles. The quantitative estimate of drug-likeness (QED) is 0.136. The van der Waals surface area contributed by atoms with Crippen LogP contribution in [0.15, 0.2) is 48.5 Å². The average Bonchev–Trinajstić information content (AvgIpc) is 3.12. The first-order valence-corrected chi connectivity index (χ1v) is 18.8. The number of alkyl halides is 1. The zero-order valence-corrected chi connectivity index (χ0v) is 33.9. The van der Waals surface area contributed by atoms with Crippen molar-refractivity contribution < 1.29 is 58.3 Å². The molecule has 0 aromatic heterocycles. The minimum atomic E-state index is -1.33. The third-order valence-electron chi connectivity index (χ3n) is 9.15. The van der Waals surface area contributed by atoms with Crippen molar-refractivity contribution in [2.75, 3.05) is 14.1 Å². The Morgan fingerprint density at radius 1 is 0.673 bits per heavy atom. The molecule has 3 N–H and O–H groups in total. The summed E-state index contributed by atoms with van der Waals surface area (Å²) < 4.78 is 15.1. The number of likely N-dealkylation sites (N-methyl/N-ethyl adjacent to an activating group) is 2. The van der Waals surface area contributed by atoms with E-state index in [2.05, 4.69) is 0 Å². The molecule has 0 aliphatic heterocycles. The predicted octanol–water partition coefficient (Wildman–Crippen LogP) is 6.80. The summed E-state index contributed by atoms with van der Waals surface area (Å²) in [6.45, 7) is 5.35. The van der Waals surface area contributed by atoms with Crippen LogP contribution < -0.4 is 0 Å². The van der Waals surface area contributed by atoms with Crippen molar-refractivity contribution in [1.82, 2.24) is 9.80 Å². The van der Waals surface area contributed by atoms with Crippen molar-refractivity contribution in [2.45, 2.75) is 114 Å². The Hall–Kier alpha value is -3.95. The van der Waals surface area contributed by atoms with Gasteiger partial charge in [-0.3, -0.25) is 19.4 Å². The van der Waals surface area contributed by atoms with Gasteiger partial charge in [-0.25, -0.2) is 19.2 Å². The van der Waals surface area contributed by atoms with Crippen LogP contribution in [0.3, 0.4) is 0 Å². The molecule has 2 amide bonds. The molecule has 2 aromatic carbocycles. The van der Waals surface area contributed by atoms with E-state index >= 15 is 0 Å². The van der Waals surface area contributed by atoms with Gasteiger partial charge in [0.2, 0.25) is 6.29 Å². The second-order valence-corrected chi connectivity index (χ2v) is 14.5. The summed E-state index contributed by atoms with van der Waals surface area (Å²) in [6.07, 6.45) is -0.390. The molecule has 0 spiro atoms. The summed E-state index contributed by atoms with van der Waals surface area (Å²) in [4.78, 5) is 74.2. The summed E-state index contributed by atoms with van der Waals surface area (Å²) in [5.41, 5.74) is -1.90.